The van der Waals surface area contributed by atoms with Crippen LogP contribution >= 0.6 is 35.0 Å². The van der Waals surface area contributed by atoms with Crippen LogP contribution in [0.4, 0.5) is 0 Å². The lowest BCUT2D eigenvalue weighted by Crippen LogP contribution is -2.48. The van der Waals surface area contributed by atoms with Gasteiger partial charge in [-0.05, 0) is 43.2 Å². The van der Waals surface area contributed by atoms with Gasteiger partial charge >= 0.3 is 0 Å². The van der Waals surface area contributed by atoms with Gasteiger partial charge in [-0.25, -0.2) is 0 Å². The lowest BCUT2D eigenvalue weighted by molar-refractivity contribution is -0.138. The van der Waals surface area contributed by atoms with Gasteiger partial charge in [-0.2, -0.15) is 0 Å². The van der Waals surface area contributed by atoms with E-state index in [0.29, 0.717) is 27.9 Å². The summed E-state index contributed by atoms with van der Waals surface area (Å²) < 4.78 is 5.17. The molecule has 0 bridgehead atoms. The van der Waals surface area contributed by atoms with E-state index >= 15 is 0 Å². The van der Waals surface area contributed by atoms with Crippen LogP contribution in [0, 0.1) is 0 Å². The molecule has 0 heterocycles. The van der Waals surface area contributed by atoms with Crippen LogP contribution in [-0.4, -0.2) is 42.2 Å². The van der Waals surface area contributed by atoms with Crippen molar-refractivity contribution in [1.29, 1.82) is 0 Å². The van der Waals surface area contributed by atoms with Gasteiger partial charge in [0.05, 0.1) is 12.9 Å². The molecule has 5 nitrogen and oxygen atoms in total. The number of thioether (sulfide) groups is 1. The summed E-state index contributed by atoms with van der Waals surface area (Å²) in [4.78, 5) is 27.2. The number of hydrogen-bond acceptors (Lipinski definition) is 4. The van der Waals surface area contributed by atoms with E-state index in [1.54, 1.807) is 37.1 Å². The van der Waals surface area contributed by atoms with Crippen LogP contribution in [0.25, 0.3) is 0 Å². The molecule has 31 heavy (non-hydrogen) atoms. The van der Waals surface area contributed by atoms with Crippen LogP contribution in [0.15, 0.2) is 42.5 Å². The second kappa shape index (κ2) is 12.8. The Bertz CT molecular complexity index is 857. The van der Waals surface area contributed by atoms with Crippen molar-refractivity contribution in [3.63, 3.8) is 0 Å². The molecule has 2 aromatic rings. The number of carbonyl (C=O) groups is 2. The molecule has 0 aromatic heterocycles. The summed E-state index contributed by atoms with van der Waals surface area (Å²) in [5, 5.41) is 3.80. The quantitative estimate of drug-likeness (QED) is 0.479. The van der Waals surface area contributed by atoms with Gasteiger partial charge in [0, 0.05) is 34.5 Å². The maximum atomic E-state index is 13.1. The molecule has 8 heteroatoms. The molecule has 0 saturated heterocycles. The molecule has 0 radical (unpaired) electrons. The molecular formula is C23H28Cl2N2O3S. The summed E-state index contributed by atoms with van der Waals surface area (Å²) in [5.41, 5.74) is 1.72. The number of hydrogen-bond donors (Lipinski definition) is 1. The van der Waals surface area contributed by atoms with Gasteiger partial charge in [0.1, 0.15) is 11.8 Å². The zero-order chi connectivity index (χ0) is 22.8. The van der Waals surface area contributed by atoms with E-state index < -0.39 is 6.04 Å². The van der Waals surface area contributed by atoms with Crippen LogP contribution < -0.4 is 10.1 Å². The maximum Gasteiger partial charge on any atom is 0.242 e. The molecule has 2 amide bonds. The normalized spacial score (nSPS) is 11.6. The van der Waals surface area contributed by atoms with Crippen LogP contribution in [0.5, 0.6) is 5.75 Å². The van der Waals surface area contributed by atoms with E-state index in [2.05, 4.69) is 5.32 Å². The van der Waals surface area contributed by atoms with E-state index in [4.69, 9.17) is 27.9 Å². The van der Waals surface area contributed by atoms with Gasteiger partial charge in [0.25, 0.3) is 0 Å². The number of nitrogens with one attached hydrogen (secondary N) is 1. The summed E-state index contributed by atoms with van der Waals surface area (Å²) in [6, 6.07) is 12.3. The van der Waals surface area contributed by atoms with Crippen molar-refractivity contribution in [2.45, 2.75) is 38.6 Å². The molecule has 0 saturated carbocycles. The minimum atomic E-state index is -0.645. The van der Waals surface area contributed by atoms with Gasteiger partial charge in [0.15, 0.2) is 0 Å². The highest BCUT2D eigenvalue weighted by atomic mass is 35.5. The van der Waals surface area contributed by atoms with Crippen molar-refractivity contribution in [3.8, 4) is 5.75 Å². The number of benzene rings is 2. The molecule has 0 aliphatic carbocycles. The maximum absolute atomic E-state index is 13.1. The van der Waals surface area contributed by atoms with Crippen LogP contribution in [0.3, 0.4) is 0 Å². The standard InChI is InChI=1S/C23H28Cl2N2O3S/c1-4-12-26-23(29)16(2)27(13-19-20(24)6-5-7-21(19)25)22(28)15-31-14-17-8-10-18(30-3)11-9-17/h5-11,16H,4,12-15H2,1-3H3,(H,26,29)/t16-/m0/s1. The summed E-state index contributed by atoms with van der Waals surface area (Å²) in [5.74, 6) is 1.36. The predicted molar refractivity (Wildman–Crippen MR) is 129 cm³/mol. The first-order valence-corrected chi connectivity index (χ1v) is 12.0. The minimum absolute atomic E-state index is 0.145. The largest absolute Gasteiger partial charge is 0.497 e. The third-order valence-corrected chi connectivity index (χ3v) is 6.46. The molecule has 168 valence electrons. The molecular weight excluding hydrogens is 455 g/mol. The Kier molecular flexibility index (Phi) is 10.5. The van der Waals surface area contributed by atoms with Crippen molar-refractivity contribution in [2.75, 3.05) is 19.4 Å². The third kappa shape index (κ3) is 7.63. The lowest BCUT2D eigenvalue weighted by Gasteiger charge is -2.29. The van der Waals surface area contributed by atoms with Gasteiger partial charge in [-0.3, -0.25) is 9.59 Å². The zero-order valence-electron chi connectivity index (χ0n) is 18.0. The number of ether oxygens (including phenoxy) is 1. The first-order valence-electron chi connectivity index (χ1n) is 10.1. The van der Waals surface area contributed by atoms with E-state index in [0.717, 1.165) is 17.7 Å². The molecule has 0 unspecified atom stereocenters. The molecule has 2 aromatic carbocycles. The highest BCUT2D eigenvalue weighted by Crippen LogP contribution is 2.27. The Morgan fingerprint density at radius 2 is 1.77 bits per heavy atom. The molecule has 1 N–H and O–H groups in total. The number of nitrogens with zero attached hydrogens (tertiary/aromatic N) is 1. The van der Waals surface area contributed by atoms with Crippen molar-refractivity contribution in [1.82, 2.24) is 10.2 Å². The highest BCUT2D eigenvalue weighted by Gasteiger charge is 2.27. The average Bonchev–Trinajstić information content (AvgIpc) is 2.77. The van der Waals surface area contributed by atoms with Crippen molar-refractivity contribution in [2.24, 2.45) is 0 Å². The summed E-state index contributed by atoms with van der Waals surface area (Å²) in [6.07, 6.45) is 0.820. The first kappa shape index (κ1) is 25.4. The van der Waals surface area contributed by atoms with Crippen molar-refractivity contribution < 1.29 is 14.3 Å². The number of rotatable bonds is 11. The fourth-order valence-electron chi connectivity index (χ4n) is 2.89. The Morgan fingerprint density at radius 1 is 1.13 bits per heavy atom. The summed E-state index contributed by atoms with van der Waals surface area (Å²) in [7, 11) is 1.63. The Labute approximate surface area is 198 Å². The number of halogens is 2. The SMILES string of the molecule is CCCNC(=O)[C@H](C)N(Cc1c(Cl)cccc1Cl)C(=O)CSCc1ccc(OC)cc1. The van der Waals surface area contributed by atoms with Crippen LogP contribution in [-0.2, 0) is 21.9 Å². The lowest BCUT2D eigenvalue weighted by atomic mass is 10.1. The van der Waals surface area contributed by atoms with E-state index in [1.165, 1.54) is 11.8 Å². The fourth-order valence-corrected chi connectivity index (χ4v) is 4.28. The topological polar surface area (TPSA) is 58.6 Å². The van der Waals surface area contributed by atoms with E-state index in [1.807, 2.05) is 31.2 Å². The number of carbonyl (C=O) groups excluding carboxylic acids is 2. The second-order valence-corrected chi connectivity index (χ2v) is 8.83. The summed E-state index contributed by atoms with van der Waals surface area (Å²) in [6.45, 7) is 4.43. The van der Waals surface area contributed by atoms with Gasteiger partial charge in [0.2, 0.25) is 11.8 Å². The van der Waals surface area contributed by atoms with Crippen molar-refractivity contribution in [3.05, 3.63) is 63.6 Å². The first-order chi connectivity index (χ1) is 14.9. The van der Waals surface area contributed by atoms with Crippen LogP contribution in [0.1, 0.15) is 31.4 Å². The molecule has 0 aliphatic rings. The Hall–Kier alpha value is -1.89. The molecule has 1 atom stereocenters. The van der Waals surface area contributed by atoms with Gasteiger partial charge in [-0.1, -0.05) is 48.3 Å². The minimum Gasteiger partial charge on any atom is -0.497 e. The Morgan fingerprint density at radius 3 is 2.35 bits per heavy atom. The Balaban J connectivity index is 2.10. The fraction of sp³-hybridized carbons (Fsp3) is 0.391. The molecule has 0 fully saturated rings. The highest BCUT2D eigenvalue weighted by molar-refractivity contribution is 7.99. The number of methoxy groups -OCH3 is 1. The number of amides is 2. The van der Waals surface area contributed by atoms with E-state index in [9.17, 15) is 9.59 Å². The van der Waals surface area contributed by atoms with Crippen LogP contribution in [0.2, 0.25) is 10.0 Å². The second-order valence-electron chi connectivity index (χ2n) is 7.03. The van der Waals surface area contributed by atoms with Gasteiger partial charge < -0.3 is 15.0 Å². The zero-order valence-corrected chi connectivity index (χ0v) is 20.3. The predicted octanol–water partition coefficient (Wildman–Crippen LogP) is 5.18. The molecule has 0 aliphatic heterocycles. The van der Waals surface area contributed by atoms with Crippen molar-refractivity contribution >= 4 is 46.8 Å². The third-order valence-electron chi connectivity index (χ3n) is 4.76. The average molecular weight is 483 g/mol. The monoisotopic (exact) mass is 482 g/mol. The van der Waals surface area contributed by atoms with Gasteiger partial charge in [-0.15, -0.1) is 11.8 Å². The molecule has 0 spiro atoms. The van der Waals surface area contributed by atoms with E-state index in [-0.39, 0.29) is 24.1 Å². The molecule has 2 rings (SSSR count). The summed E-state index contributed by atoms with van der Waals surface area (Å²) >= 11 is 14.1. The smallest absolute Gasteiger partial charge is 0.242 e.